The van der Waals surface area contributed by atoms with E-state index in [9.17, 15) is 0 Å². The van der Waals surface area contributed by atoms with Crippen LogP contribution in [0.1, 0.15) is 0 Å². The van der Waals surface area contributed by atoms with Crippen molar-refractivity contribution < 1.29 is 0 Å². The van der Waals surface area contributed by atoms with Crippen LogP contribution in [0.2, 0.25) is 0 Å². The van der Waals surface area contributed by atoms with Gasteiger partial charge in [0.05, 0.1) is 5.52 Å². The average Bonchev–Trinajstić information content (AvgIpc) is 2.04. The van der Waals surface area contributed by atoms with Crippen LogP contribution in [0.4, 0.5) is 0 Å². The molecule has 0 N–H and O–H groups in total. The van der Waals surface area contributed by atoms with Gasteiger partial charge < -0.3 is 0 Å². The fourth-order valence-electron chi connectivity index (χ4n) is 1.04. The maximum absolute atomic E-state index is 4.36. The van der Waals surface area contributed by atoms with E-state index in [1.54, 1.807) is 0 Å². The maximum Gasteiger partial charge on any atom is 0.102 e. The summed E-state index contributed by atoms with van der Waals surface area (Å²) in [6, 6.07) is 12.2. The molecule has 54 valence electrons. The second kappa shape index (κ2) is 2.77. The minimum atomic E-state index is 1.04. The minimum Gasteiger partial charge on any atom is -0.242 e. The molecule has 2 rings (SSSR count). The molecule has 2 aromatic rings. The number of para-hydroxylation sites is 1. The van der Waals surface area contributed by atoms with Gasteiger partial charge in [0.15, 0.2) is 0 Å². The van der Waals surface area contributed by atoms with Crippen LogP contribution in [-0.4, -0.2) is 4.98 Å². The van der Waals surface area contributed by atoms with E-state index >= 15 is 0 Å². The number of aromatic nitrogens is 1. The van der Waals surface area contributed by atoms with Crippen molar-refractivity contribution in [2.45, 2.75) is 0 Å². The molecule has 0 aliphatic carbocycles. The van der Waals surface area contributed by atoms with Crippen LogP contribution in [0.3, 0.4) is 0 Å². The predicted molar refractivity (Wildman–Crippen MR) is 54.5 cm³/mol. The van der Waals surface area contributed by atoms with Gasteiger partial charge in [-0.05, 0) is 34.7 Å². The lowest BCUT2D eigenvalue weighted by Crippen LogP contribution is -1.80. The third-order valence-corrected chi connectivity index (χ3v) is 2.17. The maximum atomic E-state index is 4.36. The van der Waals surface area contributed by atoms with Gasteiger partial charge in [0.1, 0.15) is 3.70 Å². The Morgan fingerprint density at radius 3 is 2.73 bits per heavy atom. The smallest absolute Gasteiger partial charge is 0.102 e. The average molecular weight is 255 g/mol. The van der Waals surface area contributed by atoms with Gasteiger partial charge in [0.2, 0.25) is 0 Å². The number of nitrogens with zero attached hydrogens (tertiary/aromatic N) is 1. The van der Waals surface area contributed by atoms with Gasteiger partial charge in [-0.2, -0.15) is 0 Å². The molecule has 1 aromatic carbocycles. The Morgan fingerprint density at radius 1 is 1.00 bits per heavy atom. The molecule has 0 unspecified atom stereocenters. The quantitative estimate of drug-likeness (QED) is 0.521. The summed E-state index contributed by atoms with van der Waals surface area (Å²) in [6.07, 6.45) is 0. The van der Waals surface area contributed by atoms with E-state index in [0.29, 0.717) is 0 Å². The van der Waals surface area contributed by atoms with Crippen molar-refractivity contribution in [3.8, 4) is 0 Å². The van der Waals surface area contributed by atoms with Crippen molar-refractivity contribution >= 4 is 33.5 Å². The van der Waals surface area contributed by atoms with Crippen molar-refractivity contribution in [3.63, 3.8) is 0 Å². The highest BCUT2D eigenvalue weighted by Gasteiger charge is 1.92. The molecular formula is C9H6IN. The van der Waals surface area contributed by atoms with Gasteiger partial charge in [-0.25, -0.2) is 4.98 Å². The number of halogens is 1. The lowest BCUT2D eigenvalue weighted by molar-refractivity contribution is 1.35. The summed E-state index contributed by atoms with van der Waals surface area (Å²) >= 11 is 2.22. The zero-order valence-corrected chi connectivity index (χ0v) is 7.95. The number of benzene rings is 1. The van der Waals surface area contributed by atoms with Crippen molar-refractivity contribution in [2.24, 2.45) is 0 Å². The summed E-state index contributed by atoms with van der Waals surface area (Å²) < 4.78 is 1.04. The number of fused-ring (bicyclic) bond motifs is 1. The van der Waals surface area contributed by atoms with E-state index in [1.165, 1.54) is 5.39 Å². The predicted octanol–water partition coefficient (Wildman–Crippen LogP) is 2.84. The highest BCUT2D eigenvalue weighted by atomic mass is 127. The Hall–Kier alpha value is -0.640. The van der Waals surface area contributed by atoms with Gasteiger partial charge in [0, 0.05) is 5.39 Å². The zero-order chi connectivity index (χ0) is 7.68. The van der Waals surface area contributed by atoms with Crippen LogP contribution in [-0.2, 0) is 0 Å². The Balaban J connectivity index is 2.83. The van der Waals surface area contributed by atoms with Gasteiger partial charge >= 0.3 is 0 Å². The lowest BCUT2D eigenvalue weighted by atomic mass is 10.2. The molecule has 0 atom stereocenters. The van der Waals surface area contributed by atoms with Crippen LogP contribution in [0, 0.1) is 3.70 Å². The molecular weight excluding hydrogens is 249 g/mol. The number of rotatable bonds is 0. The molecule has 1 nitrogen and oxygen atoms in total. The standard InChI is InChI=1S/C9H6IN/c10-9-6-5-7-3-1-2-4-8(7)11-9/h1-6H. The van der Waals surface area contributed by atoms with Crippen LogP contribution in [0.15, 0.2) is 36.4 Å². The van der Waals surface area contributed by atoms with E-state index < -0.39 is 0 Å². The molecule has 0 amide bonds. The molecule has 0 aliphatic heterocycles. The summed E-state index contributed by atoms with van der Waals surface area (Å²) in [7, 11) is 0. The Labute approximate surface area is 78.6 Å². The SMILES string of the molecule is Ic1ccc2ccccc2n1. The summed E-state index contributed by atoms with van der Waals surface area (Å²) in [6.45, 7) is 0. The second-order valence-corrected chi connectivity index (χ2v) is 3.43. The molecule has 0 spiro atoms. The van der Waals surface area contributed by atoms with E-state index in [1.807, 2.05) is 24.3 Å². The highest BCUT2D eigenvalue weighted by Crippen LogP contribution is 2.12. The molecule has 0 aliphatic rings. The highest BCUT2D eigenvalue weighted by molar-refractivity contribution is 14.1. The molecule has 0 bridgehead atoms. The molecule has 0 fully saturated rings. The van der Waals surface area contributed by atoms with Crippen molar-refractivity contribution in [3.05, 3.63) is 40.1 Å². The van der Waals surface area contributed by atoms with Gasteiger partial charge in [-0.15, -0.1) is 0 Å². The van der Waals surface area contributed by atoms with E-state index in [2.05, 4.69) is 39.7 Å². The van der Waals surface area contributed by atoms with Crippen molar-refractivity contribution in [1.82, 2.24) is 4.98 Å². The molecule has 1 heterocycles. The monoisotopic (exact) mass is 255 g/mol. The first-order valence-corrected chi connectivity index (χ1v) is 4.45. The second-order valence-electron chi connectivity index (χ2n) is 2.33. The summed E-state index contributed by atoms with van der Waals surface area (Å²) in [4.78, 5) is 4.36. The Bertz CT molecular complexity index is 384. The first kappa shape index (κ1) is 7.03. The number of hydrogen-bond donors (Lipinski definition) is 0. The fourth-order valence-corrected chi connectivity index (χ4v) is 1.48. The fraction of sp³-hybridized carbons (Fsp3) is 0. The molecule has 0 saturated carbocycles. The van der Waals surface area contributed by atoms with E-state index in [4.69, 9.17) is 0 Å². The summed E-state index contributed by atoms with van der Waals surface area (Å²) in [5.41, 5.74) is 1.07. The largest absolute Gasteiger partial charge is 0.242 e. The van der Waals surface area contributed by atoms with E-state index in [-0.39, 0.29) is 0 Å². The van der Waals surface area contributed by atoms with Gasteiger partial charge in [-0.1, -0.05) is 24.3 Å². The van der Waals surface area contributed by atoms with Crippen LogP contribution in [0.5, 0.6) is 0 Å². The molecule has 1 aromatic heterocycles. The minimum absolute atomic E-state index is 1.04. The number of hydrogen-bond acceptors (Lipinski definition) is 1. The van der Waals surface area contributed by atoms with Gasteiger partial charge in [-0.3, -0.25) is 0 Å². The van der Waals surface area contributed by atoms with E-state index in [0.717, 1.165) is 9.22 Å². The molecule has 11 heavy (non-hydrogen) atoms. The summed E-state index contributed by atoms with van der Waals surface area (Å²) in [5, 5.41) is 1.20. The number of pyridine rings is 1. The van der Waals surface area contributed by atoms with Crippen LogP contribution in [0.25, 0.3) is 10.9 Å². The Morgan fingerprint density at radius 2 is 1.82 bits per heavy atom. The van der Waals surface area contributed by atoms with Crippen molar-refractivity contribution in [1.29, 1.82) is 0 Å². The molecule has 2 heteroatoms. The zero-order valence-electron chi connectivity index (χ0n) is 5.79. The third kappa shape index (κ3) is 1.35. The normalized spacial score (nSPS) is 10.3. The first-order valence-electron chi connectivity index (χ1n) is 3.37. The van der Waals surface area contributed by atoms with Gasteiger partial charge in [0.25, 0.3) is 0 Å². The first-order chi connectivity index (χ1) is 5.36. The van der Waals surface area contributed by atoms with Crippen molar-refractivity contribution in [2.75, 3.05) is 0 Å². The molecule has 0 radical (unpaired) electrons. The Kier molecular flexibility index (Phi) is 1.77. The lowest BCUT2D eigenvalue weighted by Gasteiger charge is -1.94. The summed E-state index contributed by atoms with van der Waals surface area (Å²) in [5.74, 6) is 0. The van der Waals surface area contributed by atoms with Crippen LogP contribution < -0.4 is 0 Å². The third-order valence-electron chi connectivity index (χ3n) is 1.56. The van der Waals surface area contributed by atoms with Crippen LogP contribution >= 0.6 is 22.6 Å². The topological polar surface area (TPSA) is 12.9 Å². The molecule has 0 saturated heterocycles.